The predicted molar refractivity (Wildman–Crippen MR) is 88.8 cm³/mol. The first kappa shape index (κ1) is 17.3. The molecule has 0 amide bonds. The van der Waals surface area contributed by atoms with Crippen molar-refractivity contribution in [3.63, 3.8) is 0 Å². The van der Waals surface area contributed by atoms with E-state index in [-0.39, 0.29) is 11.4 Å². The zero-order valence-electron chi connectivity index (χ0n) is 13.2. The van der Waals surface area contributed by atoms with Gasteiger partial charge in [-0.05, 0) is 53.2 Å². The Morgan fingerprint density at radius 2 is 1.96 bits per heavy atom. The third-order valence-corrected chi connectivity index (χ3v) is 4.39. The largest absolute Gasteiger partial charge is 0.464 e. The Kier molecular flexibility index (Phi) is 4.67. The van der Waals surface area contributed by atoms with E-state index >= 15 is 0 Å². The first-order valence-corrected chi connectivity index (χ1v) is 7.89. The van der Waals surface area contributed by atoms with Gasteiger partial charge in [-0.15, -0.1) is 0 Å². The molecule has 0 saturated carbocycles. The Labute approximate surface area is 149 Å². The second kappa shape index (κ2) is 6.75. The first-order chi connectivity index (χ1) is 11.9. The zero-order valence-corrected chi connectivity index (χ0v) is 14.8. The SMILES string of the molecule is COC(=O)c1cc(-c2ccc(OC(F)F)cc2)nc2c(Br)c(C)nn12. The number of nitrogens with zero attached hydrogens (tertiary/aromatic N) is 3. The van der Waals surface area contributed by atoms with Crippen LogP contribution in [0.15, 0.2) is 34.8 Å². The smallest absolute Gasteiger partial charge is 0.387 e. The summed E-state index contributed by atoms with van der Waals surface area (Å²) >= 11 is 3.40. The van der Waals surface area contributed by atoms with Crippen LogP contribution >= 0.6 is 15.9 Å². The molecule has 2 heterocycles. The van der Waals surface area contributed by atoms with Crippen LogP contribution in [0.4, 0.5) is 8.78 Å². The fraction of sp³-hybridized carbons (Fsp3) is 0.188. The molecule has 130 valence electrons. The number of carbonyl (C=O) groups is 1. The summed E-state index contributed by atoms with van der Waals surface area (Å²) < 4.78 is 35.7. The number of ether oxygens (including phenoxy) is 2. The summed E-state index contributed by atoms with van der Waals surface area (Å²) in [5, 5.41) is 4.27. The fourth-order valence-electron chi connectivity index (χ4n) is 2.30. The van der Waals surface area contributed by atoms with E-state index in [0.29, 0.717) is 27.1 Å². The van der Waals surface area contributed by atoms with Gasteiger partial charge in [0.25, 0.3) is 0 Å². The standard InChI is InChI=1S/C16H12BrF2N3O3/c1-8-13(17)14-20-11(7-12(15(23)24-2)22(14)21-8)9-3-5-10(6-4-9)25-16(18)19/h3-7,16H,1-2H3. The molecule has 2 aromatic heterocycles. The number of hydrogen-bond acceptors (Lipinski definition) is 5. The van der Waals surface area contributed by atoms with Crippen LogP contribution in [0.3, 0.4) is 0 Å². The Morgan fingerprint density at radius 3 is 2.56 bits per heavy atom. The van der Waals surface area contributed by atoms with Gasteiger partial charge in [-0.25, -0.2) is 14.3 Å². The molecule has 0 aliphatic carbocycles. The molecule has 0 spiro atoms. The number of alkyl halides is 2. The van der Waals surface area contributed by atoms with E-state index in [4.69, 9.17) is 4.74 Å². The van der Waals surface area contributed by atoms with Crippen molar-refractivity contribution in [2.24, 2.45) is 0 Å². The minimum absolute atomic E-state index is 0.0365. The maximum atomic E-state index is 12.2. The predicted octanol–water partition coefficient (Wildman–Crippen LogP) is 3.86. The van der Waals surface area contributed by atoms with Crippen LogP contribution < -0.4 is 4.74 Å². The number of halogens is 3. The molecule has 1 aromatic carbocycles. The number of fused-ring (bicyclic) bond motifs is 1. The molecule has 25 heavy (non-hydrogen) atoms. The molecule has 0 fully saturated rings. The molecule has 0 saturated heterocycles. The van der Waals surface area contributed by atoms with Crippen LogP contribution in [0.2, 0.25) is 0 Å². The highest BCUT2D eigenvalue weighted by Crippen LogP contribution is 2.27. The van der Waals surface area contributed by atoms with Crippen LogP contribution in [-0.2, 0) is 4.74 Å². The Balaban J connectivity index is 2.13. The monoisotopic (exact) mass is 411 g/mol. The van der Waals surface area contributed by atoms with E-state index in [1.807, 2.05) is 0 Å². The fourth-order valence-corrected chi connectivity index (χ4v) is 2.64. The van der Waals surface area contributed by atoms with Crippen molar-refractivity contribution in [3.8, 4) is 17.0 Å². The van der Waals surface area contributed by atoms with Crippen LogP contribution in [-0.4, -0.2) is 34.3 Å². The number of aryl methyl sites for hydroxylation is 1. The van der Waals surface area contributed by atoms with Gasteiger partial charge in [-0.1, -0.05) is 0 Å². The summed E-state index contributed by atoms with van der Waals surface area (Å²) in [6.07, 6.45) is 0. The van der Waals surface area contributed by atoms with E-state index in [1.165, 1.54) is 29.8 Å². The summed E-state index contributed by atoms with van der Waals surface area (Å²) in [5.41, 5.74) is 2.40. The maximum Gasteiger partial charge on any atom is 0.387 e. The molecule has 0 unspecified atom stereocenters. The average Bonchev–Trinajstić information content (AvgIpc) is 2.88. The highest BCUT2D eigenvalue weighted by atomic mass is 79.9. The number of methoxy groups -OCH3 is 1. The lowest BCUT2D eigenvalue weighted by atomic mass is 10.1. The van der Waals surface area contributed by atoms with Crippen molar-refractivity contribution < 1.29 is 23.0 Å². The van der Waals surface area contributed by atoms with Gasteiger partial charge in [0.05, 0.1) is 23.0 Å². The number of hydrogen-bond donors (Lipinski definition) is 0. The van der Waals surface area contributed by atoms with E-state index < -0.39 is 12.6 Å². The third-order valence-electron chi connectivity index (χ3n) is 3.46. The molecule has 9 heteroatoms. The highest BCUT2D eigenvalue weighted by molar-refractivity contribution is 9.10. The van der Waals surface area contributed by atoms with Gasteiger partial charge in [-0.2, -0.15) is 13.9 Å². The quantitative estimate of drug-likeness (QED) is 0.609. The second-order valence-electron chi connectivity index (χ2n) is 5.06. The number of aromatic nitrogens is 3. The van der Waals surface area contributed by atoms with Crippen LogP contribution in [0.25, 0.3) is 16.9 Å². The molecule has 6 nitrogen and oxygen atoms in total. The number of esters is 1. The number of carbonyl (C=O) groups excluding carboxylic acids is 1. The maximum absolute atomic E-state index is 12.2. The Morgan fingerprint density at radius 1 is 1.28 bits per heavy atom. The van der Waals surface area contributed by atoms with Gasteiger partial charge in [-0.3, -0.25) is 0 Å². The number of rotatable bonds is 4. The van der Waals surface area contributed by atoms with Gasteiger partial charge in [0.15, 0.2) is 11.3 Å². The molecule has 0 aliphatic heterocycles. The second-order valence-corrected chi connectivity index (χ2v) is 5.85. The van der Waals surface area contributed by atoms with Crippen molar-refractivity contribution in [2.75, 3.05) is 7.11 Å². The van der Waals surface area contributed by atoms with Gasteiger partial charge in [0, 0.05) is 5.56 Å². The van der Waals surface area contributed by atoms with Gasteiger partial charge >= 0.3 is 12.6 Å². The van der Waals surface area contributed by atoms with Crippen LogP contribution in [0, 0.1) is 6.92 Å². The van der Waals surface area contributed by atoms with Crippen molar-refractivity contribution in [2.45, 2.75) is 13.5 Å². The van der Waals surface area contributed by atoms with E-state index in [0.717, 1.165) is 0 Å². The normalized spacial score (nSPS) is 11.1. The molecule has 0 radical (unpaired) electrons. The van der Waals surface area contributed by atoms with Crippen molar-refractivity contribution in [1.29, 1.82) is 0 Å². The summed E-state index contributed by atoms with van der Waals surface area (Å²) in [4.78, 5) is 16.6. The highest BCUT2D eigenvalue weighted by Gasteiger charge is 2.19. The molecule has 0 N–H and O–H groups in total. The van der Waals surface area contributed by atoms with Gasteiger partial charge in [0.1, 0.15) is 5.75 Å². The van der Waals surface area contributed by atoms with Crippen LogP contribution in [0.1, 0.15) is 16.2 Å². The summed E-state index contributed by atoms with van der Waals surface area (Å²) in [7, 11) is 1.27. The average molecular weight is 412 g/mol. The third kappa shape index (κ3) is 3.32. The summed E-state index contributed by atoms with van der Waals surface area (Å²) in [6, 6.07) is 7.49. The minimum atomic E-state index is -2.89. The lowest BCUT2D eigenvalue weighted by molar-refractivity contribution is -0.0498. The Bertz CT molecular complexity index is 942. The first-order valence-electron chi connectivity index (χ1n) is 7.10. The molecule has 3 aromatic rings. The molecule has 0 aliphatic rings. The molecule has 0 atom stereocenters. The minimum Gasteiger partial charge on any atom is -0.464 e. The summed E-state index contributed by atoms with van der Waals surface area (Å²) in [6.45, 7) is -1.12. The van der Waals surface area contributed by atoms with Crippen molar-refractivity contribution >= 4 is 27.5 Å². The molecule has 0 bridgehead atoms. The Hall–Kier alpha value is -2.55. The molecular weight excluding hydrogens is 400 g/mol. The van der Waals surface area contributed by atoms with E-state index in [1.54, 1.807) is 19.1 Å². The van der Waals surface area contributed by atoms with Crippen molar-refractivity contribution in [1.82, 2.24) is 14.6 Å². The van der Waals surface area contributed by atoms with Gasteiger partial charge in [0.2, 0.25) is 0 Å². The number of benzene rings is 1. The van der Waals surface area contributed by atoms with E-state index in [9.17, 15) is 13.6 Å². The lowest BCUT2D eigenvalue weighted by Crippen LogP contribution is -2.10. The lowest BCUT2D eigenvalue weighted by Gasteiger charge is -2.08. The molecule has 3 rings (SSSR count). The van der Waals surface area contributed by atoms with E-state index in [2.05, 4.69) is 30.7 Å². The topological polar surface area (TPSA) is 65.7 Å². The van der Waals surface area contributed by atoms with Crippen LogP contribution in [0.5, 0.6) is 5.75 Å². The molecular formula is C16H12BrF2N3O3. The summed E-state index contributed by atoms with van der Waals surface area (Å²) in [5.74, 6) is -0.532. The van der Waals surface area contributed by atoms with Gasteiger partial charge < -0.3 is 9.47 Å². The zero-order chi connectivity index (χ0) is 18.1. The van der Waals surface area contributed by atoms with Crippen molar-refractivity contribution in [3.05, 3.63) is 46.2 Å².